The Balaban J connectivity index is 1.14. The lowest BCUT2D eigenvalue weighted by Gasteiger charge is -2.56. The predicted octanol–water partition coefficient (Wildman–Crippen LogP) is 8.48. The number of hydrogen-bond donors (Lipinski definition) is 2. The summed E-state index contributed by atoms with van der Waals surface area (Å²) in [6.07, 6.45) is 12.7. The van der Waals surface area contributed by atoms with Crippen LogP contribution in [-0.4, -0.2) is 47.8 Å². The van der Waals surface area contributed by atoms with E-state index in [4.69, 9.17) is 21.9 Å². The van der Waals surface area contributed by atoms with Crippen LogP contribution in [0.1, 0.15) is 100 Å². The average Bonchev–Trinajstić information content (AvgIpc) is 3.09. The molecule has 1 saturated carbocycles. The summed E-state index contributed by atoms with van der Waals surface area (Å²) in [6, 6.07) is 16.2. The number of methoxy groups -OCH3 is 1. The van der Waals surface area contributed by atoms with Crippen molar-refractivity contribution in [3.05, 3.63) is 83.6 Å². The van der Waals surface area contributed by atoms with Gasteiger partial charge in [0.05, 0.1) is 18.7 Å². The Morgan fingerprint density at radius 3 is 2.74 bits per heavy atom. The molecule has 4 fully saturated rings. The van der Waals surface area contributed by atoms with Crippen LogP contribution in [0.3, 0.4) is 0 Å². The lowest BCUT2D eigenvalue weighted by Crippen LogP contribution is -2.59. The lowest BCUT2D eigenvalue weighted by molar-refractivity contribution is 0.00407. The molecule has 4 heterocycles. The standard InChI is InChI=1S/C41H54N4OS/c1-7-27-24-45-20-16-29(27)22-36(45)38(32-15-19-42-35-13-11-31(46-6)23-33(32)35)44-39(47)43-25-40(4)17-8-18-41(5)34-12-9-28(26(2)3)21-30(34)10-14-37(40)41/h7,9,11-13,15,19,21,23,26-27,29,36-38H,1,8,10,14,16-18,20,22,24-25H2,2-6H3,(H2,43,44,47)/t27?,29?,36-,37-,38-,40-,41+/m0/s1. The Hall–Kier alpha value is -2.96. The Morgan fingerprint density at radius 2 is 2.00 bits per heavy atom. The van der Waals surface area contributed by atoms with Crippen LogP contribution in [0.15, 0.2) is 61.3 Å². The van der Waals surface area contributed by atoms with Crippen LogP contribution in [0.25, 0.3) is 10.9 Å². The zero-order valence-electron chi connectivity index (χ0n) is 29.1. The Labute approximate surface area is 287 Å². The van der Waals surface area contributed by atoms with Crippen molar-refractivity contribution < 1.29 is 4.74 Å². The molecule has 5 aliphatic rings. The van der Waals surface area contributed by atoms with Crippen LogP contribution in [0.5, 0.6) is 5.75 Å². The first-order valence-corrected chi connectivity index (χ1v) is 18.5. The molecule has 3 aromatic rings. The van der Waals surface area contributed by atoms with E-state index in [9.17, 15) is 0 Å². The fraction of sp³-hybridized carbons (Fsp3) is 0.561. The van der Waals surface area contributed by atoms with Crippen molar-refractivity contribution in [3.63, 3.8) is 0 Å². The van der Waals surface area contributed by atoms with E-state index in [-0.39, 0.29) is 16.9 Å². The molecular formula is C41H54N4OS. The molecule has 3 aliphatic heterocycles. The number of aromatic nitrogens is 1. The monoisotopic (exact) mass is 650 g/mol. The van der Waals surface area contributed by atoms with Crippen molar-refractivity contribution in [1.29, 1.82) is 0 Å². The smallest absolute Gasteiger partial charge is 0.166 e. The number of benzene rings is 2. The molecule has 8 rings (SSSR count). The van der Waals surface area contributed by atoms with Gasteiger partial charge in [-0.2, -0.15) is 0 Å². The first-order chi connectivity index (χ1) is 22.6. The van der Waals surface area contributed by atoms with Gasteiger partial charge in [0, 0.05) is 30.7 Å². The molecule has 5 nitrogen and oxygen atoms in total. The number of fused-ring (bicyclic) bond motifs is 7. The molecule has 2 aromatic carbocycles. The van der Waals surface area contributed by atoms with Gasteiger partial charge in [0.1, 0.15) is 5.75 Å². The molecule has 3 saturated heterocycles. The summed E-state index contributed by atoms with van der Waals surface area (Å²) >= 11 is 6.20. The number of hydrogen-bond acceptors (Lipinski definition) is 4. The second-order valence-corrected chi connectivity index (χ2v) is 16.3. The van der Waals surface area contributed by atoms with Crippen LogP contribution in [0, 0.1) is 23.2 Å². The van der Waals surface area contributed by atoms with E-state index >= 15 is 0 Å². The first kappa shape index (κ1) is 32.6. The maximum Gasteiger partial charge on any atom is 0.166 e. The maximum atomic E-state index is 6.20. The van der Waals surface area contributed by atoms with E-state index in [0.29, 0.717) is 29.7 Å². The average molecular weight is 651 g/mol. The predicted molar refractivity (Wildman–Crippen MR) is 198 cm³/mol. The number of pyridine rings is 1. The molecule has 47 heavy (non-hydrogen) atoms. The van der Waals surface area contributed by atoms with Gasteiger partial charge in [0.15, 0.2) is 5.11 Å². The largest absolute Gasteiger partial charge is 0.497 e. The maximum absolute atomic E-state index is 6.20. The van der Waals surface area contributed by atoms with Gasteiger partial charge in [0.2, 0.25) is 0 Å². The molecule has 2 N–H and O–H groups in total. The number of nitrogens with one attached hydrogen (secondary N) is 2. The molecule has 0 radical (unpaired) electrons. The van der Waals surface area contributed by atoms with E-state index in [1.165, 1.54) is 49.7 Å². The van der Waals surface area contributed by atoms with Crippen molar-refractivity contribution >= 4 is 28.2 Å². The molecule has 250 valence electrons. The van der Waals surface area contributed by atoms with Crippen LogP contribution in [-0.2, 0) is 11.8 Å². The lowest BCUT2D eigenvalue weighted by atomic mass is 9.49. The fourth-order valence-electron chi connectivity index (χ4n) is 10.3. The number of piperidine rings is 3. The Kier molecular flexibility index (Phi) is 8.88. The zero-order chi connectivity index (χ0) is 32.9. The normalized spacial score (nSPS) is 31.9. The van der Waals surface area contributed by atoms with Crippen LogP contribution in [0.4, 0.5) is 0 Å². The third-order valence-electron chi connectivity index (χ3n) is 13.0. The molecule has 0 amide bonds. The Bertz CT molecular complexity index is 1650. The minimum atomic E-state index is 0.0438. The van der Waals surface area contributed by atoms with Gasteiger partial charge in [-0.3, -0.25) is 9.88 Å². The first-order valence-electron chi connectivity index (χ1n) is 18.1. The highest BCUT2D eigenvalue weighted by Crippen LogP contribution is 2.57. The second kappa shape index (κ2) is 12.8. The summed E-state index contributed by atoms with van der Waals surface area (Å²) in [5.41, 5.74) is 7.27. The zero-order valence-corrected chi connectivity index (χ0v) is 30.0. The SMILES string of the molecule is C=CC1CN2CCC1C[C@H]2[C@@H](NC(=S)NC[C@]1(C)CCC[C@]2(C)c3ccc(C(C)C)cc3CC[C@@H]12)c1ccnc2ccc(OC)cc12. The molecule has 6 heteroatoms. The van der Waals surface area contributed by atoms with E-state index in [0.717, 1.165) is 47.8 Å². The molecule has 1 aromatic heterocycles. The molecule has 8 atom stereocenters. The molecule has 0 spiro atoms. The van der Waals surface area contributed by atoms with Crippen molar-refractivity contribution in [2.75, 3.05) is 26.7 Å². The summed E-state index contributed by atoms with van der Waals surface area (Å²) in [5.74, 6) is 3.28. The van der Waals surface area contributed by atoms with Crippen LogP contribution >= 0.6 is 12.2 Å². The van der Waals surface area contributed by atoms with Gasteiger partial charge in [-0.1, -0.05) is 58.4 Å². The number of nitrogens with zero attached hydrogens (tertiary/aromatic N) is 2. The Morgan fingerprint density at radius 1 is 1.15 bits per heavy atom. The summed E-state index contributed by atoms with van der Waals surface area (Å²) in [7, 11) is 1.73. The highest BCUT2D eigenvalue weighted by Gasteiger charge is 2.52. The molecular weight excluding hydrogens is 597 g/mol. The minimum absolute atomic E-state index is 0.0438. The molecule has 2 aliphatic carbocycles. The van der Waals surface area contributed by atoms with Gasteiger partial charge < -0.3 is 15.4 Å². The number of aryl methyl sites for hydroxylation is 1. The van der Waals surface area contributed by atoms with Gasteiger partial charge in [-0.15, -0.1) is 6.58 Å². The quantitative estimate of drug-likeness (QED) is 0.188. The molecule has 3 unspecified atom stereocenters. The van der Waals surface area contributed by atoms with Crippen LogP contribution in [0.2, 0.25) is 0 Å². The highest BCUT2D eigenvalue weighted by molar-refractivity contribution is 7.80. The number of rotatable bonds is 8. The second-order valence-electron chi connectivity index (χ2n) is 15.9. The van der Waals surface area contributed by atoms with E-state index in [2.05, 4.69) is 92.3 Å². The summed E-state index contributed by atoms with van der Waals surface area (Å²) in [4.78, 5) is 7.40. The number of thiocarbonyl (C=S) groups is 1. The van der Waals surface area contributed by atoms with Crippen molar-refractivity contribution in [1.82, 2.24) is 20.5 Å². The number of ether oxygens (including phenoxy) is 1. The van der Waals surface area contributed by atoms with Crippen LogP contribution < -0.4 is 15.4 Å². The van der Waals surface area contributed by atoms with Crippen molar-refractivity contribution in [3.8, 4) is 5.75 Å². The van der Waals surface area contributed by atoms with Crippen molar-refractivity contribution in [2.24, 2.45) is 23.2 Å². The van der Waals surface area contributed by atoms with Gasteiger partial charge in [-0.25, -0.2) is 0 Å². The van der Waals surface area contributed by atoms with Crippen molar-refractivity contribution in [2.45, 2.75) is 96.1 Å². The molecule has 2 bridgehead atoms. The summed E-state index contributed by atoms with van der Waals surface area (Å²) in [5, 5.41) is 9.61. The third-order valence-corrected chi connectivity index (χ3v) is 13.2. The third kappa shape index (κ3) is 5.88. The van der Waals surface area contributed by atoms with Gasteiger partial charge in [-0.05, 0) is 138 Å². The minimum Gasteiger partial charge on any atom is -0.497 e. The summed E-state index contributed by atoms with van der Waals surface area (Å²) in [6.45, 7) is 17.0. The van der Waals surface area contributed by atoms with E-state index in [1.807, 2.05) is 12.3 Å². The van der Waals surface area contributed by atoms with E-state index in [1.54, 1.807) is 18.2 Å². The van der Waals surface area contributed by atoms with E-state index < -0.39 is 0 Å². The van der Waals surface area contributed by atoms with Gasteiger partial charge >= 0.3 is 0 Å². The fourth-order valence-corrected chi connectivity index (χ4v) is 10.5. The topological polar surface area (TPSA) is 49.4 Å². The summed E-state index contributed by atoms with van der Waals surface area (Å²) < 4.78 is 5.66. The highest BCUT2D eigenvalue weighted by atomic mass is 32.1. The van der Waals surface area contributed by atoms with Gasteiger partial charge in [0.25, 0.3) is 0 Å².